The molecule has 8 nitrogen and oxygen atoms in total. The van der Waals surface area contributed by atoms with Crippen molar-refractivity contribution in [1.29, 1.82) is 0 Å². The van der Waals surface area contributed by atoms with Gasteiger partial charge in [0.15, 0.2) is 0 Å². The van der Waals surface area contributed by atoms with Gasteiger partial charge in [0, 0.05) is 4.91 Å². The van der Waals surface area contributed by atoms with Crippen molar-refractivity contribution in [3.8, 4) is 0 Å². The lowest BCUT2D eigenvalue weighted by atomic mass is 9.68. The summed E-state index contributed by atoms with van der Waals surface area (Å²) < 4.78 is 5.08. The van der Waals surface area contributed by atoms with Crippen LogP contribution in [0.5, 0.6) is 0 Å². The number of carbonyl (C=O) groups is 2. The van der Waals surface area contributed by atoms with E-state index in [0.717, 1.165) is 4.90 Å². The number of azide groups is 1. The molecule has 0 aromatic rings. The standard InChI is InChI=1S/C16H26N4O4/c1-9-6-10(18-19-17)12(16(5,23)7-9)13(21)20-11(15(2,3)4)8-24-14(20)22/h9-12,23H,6-8H2,1-5H3/t9-,10+,11+,12+,16+/m0/s1. The zero-order valence-corrected chi connectivity index (χ0v) is 14.9. The zero-order chi connectivity index (χ0) is 18.3. The fourth-order valence-electron chi connectivity index (χ4n) is 3.94. The van der Waals surface area contributed by atoms with Crippen molar-refractivity contribution < 1.29 is 19.4 Å². The molecule has 1 aliphatic carbocycles. The van der Waals surface area contributed by atoms with E-state index < -0.39 is 35.6 Å². The summed E-state index contributed by atoms with van der Waals surface area (Å²) >= 11 is 0. The Kier molecular flexibility index (Phi) is 4.84. The molecule has 1 heterocycles. The van der Waals surface area contributed by atoms with Crippen LogP contribution in [0.25, 0.3) is 10.4 Å². The molecule has 24 heavy (non-hydrogen) atoms. The first kappa shape index (κ1) is 18.5. The van der Waals surface area contributed by atoms with Gasteiger partial charge in [0.1, 0.15) is 6.61 Å². The highest BCUT2D eigenvalue weighted by Gasteiger charge is 2.53. The number of amides is 2. The second-order valence-corrected chi connectivity index (χ2v) is 8.32. The minimum absolute atomic E-state index is 0.114. The molecule has 134 valence electrons. The van der Waals surface area contributed by atoms with Gasteiger partial charge < -0.3 is 9.84 Å². The van der Waals surface area contributed by atoms with Crippen LogP contribution in [-0.4, -0.2) is 46.3 Å². The monoisotopic (exact) mass is 338 g/mol. The summed E-state index contributed by atoms with van der Waals surface area (Å²) in [5, 5.41) is 14.6. The Hall–Kier alpha value is -1.79. The van der Waals surface area contributed by atoms with E-state index in [1.165, 1.54) is 0 Å². The van der Waals surface area contributed by atoms with Gasteiger partial charge in [-0.05, 0) is 36.6 Å². The Balaban J connectivity index is 2.40. The molecule has 2 fully saturated rings. The second-order valence-electron chi connectivity index (χ2n) is 8.32. The lowest BCUT2D eigenvalue weighted by molar-refractivity contribution is -0.150. The van der Waals surface area contributed by atoms with E-state index in [-0.39, 0.29) is 17.9 Å². The first-order chi connectivity index (χ1) is 11.0. The van der Waals surface area contributed by atoms with Crippen molar-refractivity contribution >= 4 is 12.0 Å². The number of aliphatic hydroxyl groups is 1. The van der Waals surface area contributed by atoms with Gasteiger partial charge in [-0.25, -0.2) is 9.69 Å². The van der Waals surface area contributed by atoms with Crippen LogP contribution in [0.15, 0.2) is 5.11 Å². The predicted molar refractivity (Wildman–Crippen MR) is 86.9 cm³/mol. The highest BCUT2D eigenvalue weighted by molar-refractivity contribution is 5.96. The van der Waals surface area contributed by atoms with E-state index in [0.29, 0.717) is 12.8 Å². The molecule has 5 atom stereocenters. The molecular formula is C16H26N4O4. The maximum absolute atomic E-state index is 13.2. The van der Waals surface area contributed by atoms with Crippen LogP contribution in [-0.2, 0) is 9.53 Å². The maximum atomic E-state index is 13.2. The zero-order valence-electron chi connectivity index (χ0n) is 14.9. The molecular weight excluding hydrogens is 312 g/mol. The van der Waals surface area contributed by atoms with Gasteiger partial charge in [0.05, 0.1) is 23.6 Å². The van der Waals surface area contributed by atoms with Crippen molar-refractivity contribution in [1.82, 2.24) is 4.90 Å². The summed E-state index contributed by atoms with van der Waals surface area (Å²) in [6.07, 6.45) is 0.206. The molecule has 0 aromatic heterocycles. The van der Waals surface area contributed by atoms with E-state index in [9.17, 15) is 14.7 Å². The summed E-state index contributed by atoms with van der Waals surface area (Å²) in [4.78, 5) is 29.2. The lowest BCUT2D eigenvalue weighted by Crippen LogP contribution is -2.58. The van der Waals surface area contributed by atoms with Crippen LogP contribution < -0.4 is 0 Å². The van der Waals surface area contributed by atoms with E-state index in [2.05, 4.69) is 10.0 Å². The molecule has 0 unspecified atom stereocenters. The number of cyclic esters (lactones) is 1. The number of ether oxygens (including phenoxy) is 1. The van der Waals surface area contributed by atoms with Gasteiger partial charge in [-0.1, -0.05) is 32.8 Å². The van der Waals surface area contributed by atoms with Crippen molar-refractivity contribution in [3.63, 3.8) is 0 Å². The third kappa shape index (κ3) is 3.35. The SMILES string of the molecule is C[C@H]1C[C@@H](N=[N+]=[N-])[C@H](C(=O)N2C(=O)OC[C@@H]2C(C)(C)C)[C@](C)(O)C1. The minimum atomic E-state index is -1.35. The first-order valence-electron chi connectivity index (χ1n) is 8.25. The third-order valence-corrected chi connectivity index (χ3v) is 5.04. The Morgan fingerprint density at radius 1 is 1.50 bits per heavy atom. The molecule has 1 saturated heterocycles. The lowest BCUT2D eigenvalue weighted by Gasteiger charge is -2.44. The minimum Gasteiger partial charge on any atom is -0.447 e. The number of nitrogens with zero attached hydrogens (tertiary/aromatic N) is 4. The summed E-state index contributed by atoms with van der Waals surface area (Å²) in [6, 6.07) is -1.10. The quantitative estimate of drug-likeness (QED) is 0.473. The smallest absolute Gasteiger partial charge is 0.417 e. The van der Waals surface area contributed by atoms with Crippen LogP contribution in [0.1, 0.15) is 47.5 Å². The molecule has 1 N–H and O–H groups in total. The molecule has 0 spiro atoms. The van der Waals surface area contributed by atoms with Gasteiger partial charge in [0.25, 0.3) is 0 Å². The summed E-state index contributed by atoms with van der Waals surface area (Å²) in [5.74, 6) is -1.37. The summed E-state index contributed by atoms with van der Waals surface area (Å²) in [7, 11) is 0. The van der Waals surface area contributed by atoms with Crippen molar-refractivity contribution in [2.45, 2.75) is 65.1 Å². The molecule has 0 radical (unpaired) electrons. The Bertz CT molecular complexity index is 577. The number of carbonyl (C=O) groups excluding carboxylic acids is 2. The van der Waals surface area contributed by atoms with Gasteiger partial charge >= 0.3 is 6.09 Å². The average Bonchev–Trinajstić information content (AvgIpc) is 2.78. The summed E-state index contributed by atoms with van der Waals surface area (Å²) in [5.41, 5.74) is 7.13. The van der Waals surface area contributed by atoms with E-state index in [4.69, 9.17) is 10.3 Å². The maximum Gasteiger partial charge on any atom is 0.417 e. The molecule has 0 aromatic carbocycles. The predicted octanol–water partition coefficient (Wildman–Crippen LogP) is 2.86. The fourth-order valence-corrected chi connectivity index (χ4v) is 3.94. The molecule has 2 amide bonds. The number of hydrogen-bond acceptors (Lipinski definition) is 5. The highest BCUT2D eigenvalue weighted by atomic mass is 16.6. The highest BCUT2D eigenvalue weighted by Crippen LogP contribution is 2.41. The Morgan fingerprint density at radius 2 is 2.12 bits per heavy atom. The largest absolute Gasteiger partial charge is 0.447 e. The van der Waals surface area contributed by atoms with E-state index >= 15 is 0 Å². The van der Waals surface area contributed by atoms with Crippen molar-refractivity contribution in [2.24, 2.45) is 22.4 Å². The number of imide groups is 1. The second kappa shape index (κ2) is 6.26. The molecule has 1 saturated carbocycles. The Morgan fingerprint density at radius 3 is 2.67 bits per heavy atom. The normalized spacial score (nSPS) is 36.9. The molecule has 2 rings (SSSR count). The van der Waals surface area contributed by atoms with Crippen LogP contribution >= 0.6 is 0 Å². The topological polar surface area (TPSA) is 116 Å². The van der Waals surface area contributed by atoms with Gasteiger partial charge in [-0.3, -0.25) is 4.79 Å². The number of hydrogen-bond donors (Lipinski definition) is 1. The van der Waals surface area contributed by atoms with E-state index in [1.54, 1.807) is 6.92 Å². The van der Waals surface area contributed by atoms with Crippen molar-refractivity contribution in [3.05, 3.63) is 10.4 Å². The Labute approximate surface area is 141 Å². The van der Waals surface area contributed by atoms with Gasteiger partial charge in [-0.2, -0.15) is 0 Å². The third-order valence-electron chi connectivity index (χ3n) is 5.04. The summed E-state index contributed by atoms with van der Waals surface area (Å²) in [6.45, 7) is 9.41. The van der Waals surface area contributed by atoms with Crippen molar-refractivity contribution in [2.75, 3.05) is 6.61 Å². The van der Waals surface area contributed by atoms with Crippen LogP contribution in [0.2, 0.25) is 0 Å². The molecule has 1 aliphatic heterocycles. The van der Waals surface area contributed by atoms with Crippen LogP contribution in [0.4, 0.5) is 4.79 Å². The van der Waals surface area contributed by atoms with Gasteiger partial charge in [-0.15, -0.1) is 0 Å². The fraction of sp³-hybridized carbons (Fsp3) is 0.875. The first-order valence-corrected chi connectivity index (χ1v) is 8.25. The average molecular weight is 338 g/mol. The molecule has 2 aliphatic rings. The molecule has 0 bridgehead atoms. The number of rotatable bonds is 2. The molecule has 8 heteroatoms. The van der Waals surface area contributed by atoms with E-state index in [1.807, 2.05) is 27.7 Å². The van der Waals surface area contributed by atoms with Crippen LogP contribution in [0, 0.1) is 17.3 Å². The van der Waals surface area contributed by atoms with Gasteiger partial charge in [0.2, 0.25) is 5.91 Å². The van der Waals surface area contributed by atoms with Crippen LogP contribution in [0.3, 0.4) is 0 Å².